The van der Waals surface area contributed by atoms with Crippen LogP contribution >= 0.6 is 0 Å². The van der Waals surface area contributed by atoms with Crippen molar-refractivity contribution in [3.8, 4) is 0 Å². The fraction of sp³-hybridized carbons (Fsp3) is 0.240. The Labute approximate surface area is 183 Å². The molecule has 31 heavy (non-hydrogen) atoms. The molecule has 0 aliphatic carbocycles. The summed E-state index contributed by atoms with van der Waals surface area (Å²) < 4.78 is 28.1. The Morgan fingerprint density at radius 2 is 1.52 bits per heavy atom. The molecule has 4 rings (SSSR count). The Kier molecular flexibility index (Phi) is 6.20. The number of nitrogens with zero attached hydrogens (tertiary/aromatic N) is 1. The molecule has 1 N–H and O–H groups in total. The van der Waals surface area contributed by atoms with Gasteiger partial charge in [0.15, 0.2) is 0 Å². The molecule has 1 amide bonds. The molecule has 6 heteroatoms. The molecule has 1 heterocycles. The molecular formula is C25H26N2O3S. The third-order valence-corrected chi connectivity index (χ3v) is 7.62. The second-order valence-corrected chi connectivity index (χ2v) is 9.63. The molecule has 0 spiro atoms. The van der Waals surface area contributed by atoms with Crippen LogP contribution in [0.25, 0.3) is 0 Å². The summed E-state index contributed by atoms with van der Waals surface area (Å²) in [7, 11) is -3.82. The smallest absolute Gasteiger partial charge is 0.244 e. The number of carbonyl (C=O) groups is 1. The molecule has 0 unspecified atom stereocenters. The molecule has 1 atom stereocenters. The van der Waals surface area contributed by atoms with E-state index in [0.717, 1.165) is 23.1 Å². The molecule has 3 aromatic carbocycles. The molecular weight excluding hydrogens is 408 g/mol. The predicted octanol–water partition coefficient (Wildman–Crippen LogP) is 3.68. The normalized spacial score (nSPS) is 16.5. The first-order valence-electron chi connectivity index (χ1n) is 10.5. The van der Waals surface area contributed by atoms with Crippen molar-refractivity contribution in [2.75, 3.05) is 0 Å². The van der Waals surface area contributed by atoms with Gasteiger partial charge in [-0.3, -0.25) is 4.79 Å². The van der Waals surface area contributed by atoms with E-state index in [-0.39, 0.29) is 17.3 Å². The number of carbonyl (C=O) groups excluding carboxylic acids is 1. The second-order valence-electron chi connectivity index (χ2n) is 7.74. The maximum absolute atomic E-state index is 13.4. The molecule has 0 saturated heterocycles. The summed E-state index contributed by atoms with van der Waals surface area (Å²) in [4.78, 5) is 13.4. The Morgan fingerprint density at radius 1 is 0.903 bits per heavy atom. The summed E-state index contributed by atoms with van der Waals surface area (Å²) in [5, 5.41) is 2.95. The number of hydrogen-bond acceptors (Lipinski definition) is 3. The first-order valence-corrected chi connectivity index (χ1v) is 11.9. The molecule has 3 aromatic rings. The van der Waals surface area contributed by atoms with E-state index in [1.807, 2.05) is 48.5 Å². The van der Waals surface area contributed by atoms with Crippen molar-refractivity contribution in [1.29, 1.82) is 0 Å². The van der Waals surface area contributed by atoms with E-state index in [9.17, 15) is 13.2 Å². The number of aryl methyl sites for hydroxylation is 1. The summed E-state index contributed by atoms with van der Waals surface area (Å²) in [6.45, 7) is 2.64. The van der Waals surface area contributed by atoms with Gasteiger partial charge in [-0.15, -0.1) is 0 Å². The standard InChI is InChI=1S/C25H26N2O3S/c1-2-19-12-14-20(15-13-19)17-26-25(28)24-16-21-8-6-7-9-22(21)18-27(24)31(29,30)23-10-4-3-5-11-23/h3-15,24H,2,16-18H2,1H3,(H,26,28)/t24-/m0/s1. The minimum atomic E-state index is -3.82. The summed E-state index contributed by atoms with van der Waals surface area (Å²) in [5.74, 6) is -0.284. The van der Waals surface area contributed by atoms with Crippen LogP contribution in [0, 0.1) is 0 Å². The van der Waals surface area contributed by atoms with Crippen molar-refractivity contribution in [2.24, 2.45) is 0 Å². The van der Waals surface area contributed by atoms with Crippen LogP contribution in [0.5, 0.6) is 0 Å². The minimum Gasteiger partial charge on any atom is -0.351 e. The van der Waals surface area contributed by atoms with E-state index in [1.165, 1.54) is 9.87 Å². The Balaban J connectivity index is 1.60. The zero-order valence-corrected chi connectivity index (χ0v) is 18.3. The number of sulfonamides is 1. The Hall–Kier alpha value is -2.96. The van der Waals surface area contributed by atoms with Crippen molar-refractivity contribution in [1.82, 2.24) is 9.62 Å². The highest BCUT2D eigenvalue weighted by Crippen LogP contribution is 2.29. The van der Waals surface area contributed by atoms with Crippen LogP contribution in [-0.4, -0.2) is 24.7 Å². The third-order valence-electron chi connectivity index (χ3n) is 5.76. The monoisotopic (exact) mass is 434 g/mol. The molecule has 1 aliphatic heterocycles. The van der Waals surface area contributed by atoms with Crippen molar-refractivity contribution in [2.45, 2.75) is 43.8 Å². The Morgan fingerprint density at radius 3 is 2.19 bits per heavy atom. The maximum atomic E-state index is 13.4. The summed E-state index contributed by atoms with van der Waals surface area (Å²) in [6, 6.07) is 23.3. The fourth-order valence-corrected chi connectivity index (χ4v) is 5.49. The van der Waals surface area contributed by atoms with Crippen LogP contribution < -0.4 is 5.32 Å². The molecule has 0 bridgehead atoms. The lowest BCUT2D eigenvalue weighted by atomic mass is 9.95. The average molecular weight is 435 g/mol. The first kappa shape index (κ1) is 21.3. The van der Waals surface area contributed by atoms with Crippen molar-refractivity contribution >= 4 is 15.9 Å². The largest absolute Gasteiger partial charge is 0.351 e. The van der Waals surface area contributed by atoms with Crippen LogP contribution in [0.2, 0.25) is 0 Å². The number of nitrogens with one attached hydrogen (secondary N) is 1. The number of hydrogen-bond donors (Lipinski definition) is 1. The maximum Gasteiger partial charge on any atom is 0.244 e. The minimum absolute atomic E-state index is 0.177. The predicted molar refractivity (Wildman–Crippen MR) is 121 cm³/mol. The van der Waals surface area contributed by atoms with Gasteiger partial charge in [0.2, 0.25) is 15.9 Å². The molecule has 0 aromatic heterocycles. The highest BCUT2D eigenvalue weighted by atomic mass is 32.2. The molecule has 0 saturated carbocycles. The number of benzene rings is 3. The quantitative estimate of drug-likeness (QED) is 0.644. The SMILES string of the molecule is CCc1ccc(CNC(=O)[C@@H]2Cc3ccccc3CN2S(=O)(=O)c2ccccc2)cc1. The number of fused-ring (bicyclic) bond motifs is 1. The summed E-state index contributed by atoms with van der Waals surface area (Å²) in [6.07, 6.45) is 1.31. The zero-order chi connectivity index (χ0) is 21.8. The van der Waals surface area contributed by atoms with Crippen molar-refractivity contribution in [3.63, 3.8) is 0 Å². The van der Waals surface area contributed by atoms with Gasteiger partial charge in [-0.25, -0.2) is 8.42 Å². The van der Waals surface area contributed by atoms with Gasteiger partial charge < -0.3 is 5.32 Å². The molecule has 160 valence electrons. The fourth-order valence-electron chi connectivity index (χ4n) is 3.90. The van der Waals surface area contributed by atoms with Crippen LogP contribution in [0.1, 0.15) is 29.2 Å². The Bertz CT molecular complexity index is 1160. The van der Waals surface area contributed by atoms with Crippen molar-refractivity contribution in [3.05, 3.63) is 101 Å². The topological polar surface area (TPSA) is 66.5 Å². The van der Waals surface area contributed by atoms with E-state index < -0.39 is 16.1 Å². The van der Waals surface area contributed by atoms with Crippen LogP contribution in [0.15, 0.2) is 83.8 Å². The number of rotatable bonds is 6. The third kappa shape index (κ3) is 4.55. The average Bonchev–Trinajstić information content (AvgIpc) is 2.82. The van der Waals surface area contributed by atoms with Gasteiger partial charge in [0.1, 0.15) is 6.04 Å². The van der Waals surface area contributed by atoms with Crippen LogP contribution in [0.3, 0.4) is 0 Å². The van der Waals surface area contributed by atoms with Gasteiger partial charge in [-0.1, -0.05) is 73.7 Å². The highest BCUT2D eigenvalue weighted by Gasteiger charge is 2.39. The van der Waals surface area contributed by atoms with Crippen LogP contribution in [-0.2, 0) is 40.7 Å². The van der Waals surface area contributed by atoms with Gasteiger partial charge in [0, 0.05) is 13.1 Å². The van der Waals surface area contributed by atoms with E-state index in [4.69, 9.17) is 0 Å². The lowest BCUT2D eigenvalue weighted by molar-refractivity contribution is -0.125. The van der Waals surface area contributed by atoms with E-state index >= 15 is 0 Å². The highest BCUT2D eigenvalue weighted by molar-refractivity contribution is 7.89. The lowest BCUT2D eigenvalue weighted by Gasteiger charge is -2.35. The summed E-state index contributed by atoms with van der Waals surface area (Å²) >= 11 is 0. The van der Waals surface area contributed by atoms with E-state index in [2.05, 4.69) is 12.2 Å². The molecule has 0 radical (unpaired) electrons. The lowest BCUT2D eigenvalue weighted by Crippen LogP contribution is -2.52. The summed E-state index contributed by atoms with van der Waals surface area (Å²) in [5.41, 5.74) is 4.16. The van der Waals surface area contributed by atoms with Gasteiger partial charge in [-0.05, 0) is 47.2 Å². The first-order chi connectivity index (χ1) is 15.0. The molecule has 1 aliphatic rings. The van der Waals surface area contributed by atoms with Crippen LogP contribution in [0.4, 0.5) is 0 Å². The second kappa shape index (κ2) is 9.04. The van der Waals surface area contributed by atoms with Gasteiger partial charge in [0.25, 0.3) is 0 Å². The van der Waals surface area contributed by atoms with Crippen molar-refractivity contribution < 1.29 is 13.2 Å². The van der Waals surface area contributed by atoms with E-state index in [1.54, 1.807) is 30.3 Å². The van der Waals surface area contributed by atoms with E-state index in [0.29, 0.717) is 13.0 Å². The molecule has 5 nitrogen and oxygen atoms in total. The molecule has 0 fully saturated rings. The van der Waals surface area contributed by atoms with Gasteiger partial charge in [0.05, 0.1) is 4.90 Å². The van der Waals surface area contributed by atoms with Gasteiger partial charge in [-0.2, -0.15) is 4.31 Å². The van der Waals surface area contributed by atoms with Gasteiger partial charge >= 0.3 is 0 Å². The number of amides is 1. The zero-order valence-electron chi connectivity index (χ0n) is 17.5.